The topological polar surface area (TPSA) is 38.0 Å². The first-order chi connectivity index (χ1) is 8.61. The molecule has 1 atom stereocenters. The Morgan fingerprint density at radius 1 is 1.50 bits per heavy atom. The van der Waals surface area contributed by atoms with Gasteiger partial charge in [-0.05, 0) is 44.3 Å². The van der Waals surface area contributed by atoms with Gasteiger partial charge in [0.25, 0.3) is 0 Å². The monoisotopic (exact) mass is 392 g/mol. The summed E-state index contributed by atoms with van der Waals surface area (Å²) in [6.07, 6.45) is 4.82. The molecule has 0 saturated carbocycles. The molecule has 2 rings (SSSR count). The number of aliphatic hydroxyl groups is 1. The molecule has 0 radical (unpaired) electrons. The van der Waals surface area contributed by atoms with E-state index < -0.39 is 6.10 Å². The number of halogens is 2. The smallest absolute Gasteiger partial charge is 0.111 e. The Bertz CT molecular complexity index is 524. The molecule has 2 aromatic rings. The number of nitrogens with zero attached hydrogens (tertiary/aromatic N) is 2. The van der Waals surface area contributed by atoms with Crippen molar-refractivity contribution in [1.29, 1.82) is 0 Å². The molecule has 18 heavy (non-hydrogen) atoms. The van der Waals surface area contributed by atoms with Crippen molar-refractivity contribution in [3.8, 4) is 0 Å². The van der Waals surface area contributed by atoms with E-state index in [4.69, 9.17) is 0 Å². The van der Waals surface area contributed by atoms with Crippen molar-refractivity contribution >= 4 is 43.2 Å². The minimum Gasteiger partial charge on any atom is -0.388 e. The van der Waals surface area contributed by atoms with E-state index in [1.807, 2.05) is 12.3 Å². The molecule has 0 saturated heterocycles. The molecule has 0 aromatic carbocycles. The van der Waals surface area contributed by atoms with Gasteiger partial charge in [0.2, 0.25) is 0 Å². The highest BCUT2D eigenvalue weighted by molar-refractivity contribution is 9.12. The number of thiophene rings is 1. The van der Waals surface area contributed by atoms with E-state index in [0.29, 0.717) is 6.42 Å². The standard InChI is InChI=1S/C12H14Br2N2OS/c1-2-4-16-5-3-15-11(16)7-9(17)8-6-10(13)18-12(8)14/h3,5-6,9,17H,2,4,7H2,1H3. The van der Waals surface area contributed by atoms with Gasteiger partial charge in [-0.15, -0.1) is 11.3 Å². The van der Waals surface area contributed by atoms with Gasteiger partial charge in [0.1, 0.15) is 5.82 Å². The minimum atomic E-state index is -0.528. The first-order valence-corrected chi connectivity index (χ1v) is 8.15. The number of aromatic nitrogens is 2. The van der Waals surface area contributed by atoms with Crippen molar-refractivity contribution in [2.24, 2.45) is 0 Å². The molecule has 2 aromatic heterocycles. The Kier molecular flexibility index (Phi) is 5.00. The lowest BCUT2D eigenvalue weighted by Gasteiger charge is -2.11. The molecule has 1 N–H and O–H groups in total. The molecular weight excluding hydrogens is 380 g/mol. The van der Waals surface area contributed by atoms with E-state index in [1.165, 1.54) is 0 Å². The summed E-state index contributed by atoms with van der Waals surface area (Å²) in [6, 6.07) is 1.95. The predicted octanol–water partition coefficient (Wildman–Crippen LogP) is 4.16. The van der Waals surface area contributed by atoms with Crippen molar-refractivity contribution in [2.45, 2.75) is 32.4 Å². The molecule has 0 fully saturated rings. The molecule has 3 nitrogen and oxygen atoms in total. The summed E-state index contributed by atoms with van der Waals surface area (Å²) in [5.74, 6) is 0.929. The number of aryl methyl sites for hydroxylation is 1. The van der Waals surface area contributed by atoms with Crippen LogP contribution in [-0.2, 0) is 13.0 Å². The molecular formula is C12H14Br2N2OS. The number of aliphatic hydroxyl groups excluding tert-OH is 1. The van der Waals surface area contributed by atoms with Crippen LogP contribution in [0.15, 0.2) is 26.0 Å². The van der Waals surface area contributed by atoms with Crippen molar-refractivity contribution in [1.82, 2.24) is 9.55 Å². The summed E-state index contributed by atoms with van der Waals surface area (Å²) < 4.78 is 4.08. The van der Waals surface area contributed by atoms with Gasteiger partial charge in [-0.25, -0.2) is 4.98 Å². The molecule has 0 bridgehead atoms. The average molecular weight is 394 g/mol. The van der Waals surface area contributed by atoms with Crippen LogP contribution >= 0.6 is 43.2 Å². The lowest BCUT2D eigenvalue weighted by atomic mass is 10.1. The van der Waals surface area contributed by atoms with Gasteiger partial charge in [-0.2, -0.15) is 0 Å². The maximum Gasteiger partial charge on any atom is 0.111 e. The quantitative estimate of drug-likeness (QED) is 0.828. The average Bonchev–Trinajstić information content (AvgIpc) is 2.87. The Morgan fingerprint density at radius 2 is 2.28 bits per heavy atom. The number of hydrogen-bond donors (Lipinski definition) is 1. The van der Waals surface area contributed by atoms with Crippen LogP contribution in [0, 0.1) is 0 Å². The first-order valence-electron chi connectivity index (χ1n) is 5.74. The summed E-state index contributed by atoms with van der Waals surface area (Å²) in [4.78, 5) is 4.32. The highest BCUT2D eigenvalue weighted by Gasteiger charge is 2.17. The van der Waals surface area contributed by atoms with Crippen molar-refractivity contribution in [3.63, 3.8) is 0 Å². The van der Waals surface area contributed by atoms with Gasteiger partial charge < -0.3 is 9.67 Å². The molecule has 0 amide bonds. The molecule has 0 aliphatic rings. The fraction of sp³-hybridized carbons (Fsp3) is 0.417. The third-order valence-electron chi connectivity index (χ3n) is 2.68. The summed E-state index contributed by atoms with van der Waals surface area (Å²) in [5, 5.41) is 10.3. The molecule has 0 aliphatic heterocycles. The van der Waals surface area contributed by atoms with Crippen LogP contribution in [-0.4, -0.2) is 14.7 Å². The van der Waals surface area contributed by atoms with Gasteiger partial charge in [-0.3, -0.25) is 0 Å². The van der Waals surface area contributed by atoms with Crippen molar-refractivity contribution in [3.05, 3.63) is 37.4 Å². The largest absolute Gasteiger partial charge is 0.388 e. The second kappa shape index (κ2) is 6.32. The van der Waals surface area contributed by atoms with E-state index in [1.54, 1.807) is 17.5 Å². The van der Waals surface area contributed by atoms with Gasteiger partial charge in [-0.1, -0.05) is 6.92 Å². The molecule has 6 heteroatoms. The van der Waals surface area contributed by atoms with E-state index in [2.05, 4.69) is 48.3 Å². The van der Waals surface area contributed by atoms with Gasteiger partial charge in [0.05, 0.1) is 13.7 Å². The van der Waals surface area contributed by atoms with Crippen LogP contribution in [0.25, 0.3) is 0 Å². The number of hydrogen-bond acceptors (Lipinski definition) is 3. The Balaban J connectivity index is 2.13. The molecule has 98 valence electrons. The Morgan fingerprint density at radius 3 is 2.89 bits per heavy atom. The Hall–Kier alpha value is -0.170. The van der Waals surface area contributed by atoms with Crippen LogP contribution in [0.2, 0.25) is 0 Å². The maximum atomic E-state index is 10.3. The lowest BCUT2D eigenvalue weighted by molar-refractivity contribution is 0.174. The summed E-state index contributed by atoms with van der Waals surface area (Å²) in [7, 11) is 0. The van der Waals surface area contributed by atoms with Crippen LogP contribution in [0.3, 0.4) is 0 Å². The molecule has 1 unspecified atom stereocenters. The zero-order valence-corrected chi connectivity index (χ0v) is 13.9. The highest BCUT2D eigenvalue weighted by atomic mass is 79.9. The third kappa shape index (κ3) is 3.23. The Labute approximate surface area is 127 Å². The fourth-order valence-electron chi connectivity index (χ4n) is 1.84. The van der Waals surface area contributed by atoms with Crippen molar-refractivity contribution in [2.75, 3.05) is 0 Å². The maximum absolute atomic E-state index is 10.3. The first kappa shape index (κ1) is 14.2. The van der Waals surface area contributed by atoms with Crippen LogP contribution < -0.4 is 0 Å². The van der Waals surface area contributed by atoms with E-state index >= 15 is 0 Å². The SMILES string of the molecule is CCCn1ccnc1CC(O)c1cc(Br)sc1Br. The molecule has 0 spiro atoms. The number of rotatable bonds is 5. The van der Waals surface area contributed by atoms with Crippen LogP contribution in [0.4, 0.5) is 0 Å². The second-order valence-corrected chi connectivity index (χ2v) is 7.79. The minimum absolute atomic E-state index is 0.528. The second-order valence-electron chi connectivity index (χ2n) is 4.04. The van der Waals surface area contributed by atoms with Crippen LogP contribution in [0.5, 0.6) is 0 Å². The molecule has 0 aliphatic carbocycles. The van der Waals surface area contributed by atoms with Gasteiger partial charge in [0.15, 0.2) is 0 Å². The zero-order chi connectivity index (χ0) is 13.1. The van der Waals surface area contributed by atoms with Gasteiger partial charge >= 0.3 is 0 Å². The third-order valence-corrected chi connectivity index (χ3v) is 5.07. The van der Waals surface area contributed by atoms with Gasteiger partial charge in [0, 0.05) is 30.9 Å². The predicted molar refractivity (Wildman–Crippen MR) is 80.9 cm³/mol. The van der Waals surface area contributed by atoms with E-state index in [-0.39, 0.29) is 0 Å². The van der Waals surface area contributed by atoms with E-state index in [9.17, 15) is 5.11 Å². The summed E-state index contributed by atoms with van der Waals surface area (Å²) in [6.45, 7) is 3.07. The summed E-state index contributed by atoms with van der Waals surface area (Å²) in [5.41, 5.74) is 0.915. The van der Waals surface area contributed by atoms with E-state index in [0.717, 1.165) is 31.9 Å². The zero-order valence-electron chi connectivity index (χ0n) is 9.94. The lowest BCUT2D eigenvalue weighted by Crippen LogP contribution is -2.08. The molecule has 2 heterocycles. The summed E-state index contributed by atoms with van der Waals surface area (Å²) >= 11 is 8.47. The highest BCUT2D eigenvalue weighted by Crippen LogP contribution is 2.36. The number of imidazole rings is 1. The van der Waals surface area contributed by atoms with Crippen LogP contribution in [0.1, 0.15) is 30.8 Å². The fourth-order valence-corrected chi connectivity index (χ4v) is 4.79. The van der Waals surface area contributed by atoms with Crippen molar-refractivity contribution < 1.29 is 5.11 Å². The normalized spacial score (nSPS) is 12.9.